The molecule has 128 valence electrons. The Hall–Kier alpha value is -1.50. The molecule has 0 radical (unpaired) electrons. The average Bonchev–Trinajstić information content (AvgIpc) is 3.09. The number of amides is 1. The number of hydrogen-bond donors (Lipinski definition) is 1. The molecule has 1 unspecified atom stereocenters. The van der Waals surface area contributed by atoms with E-state index in [1.54, 1.807) is 11.0 Å². The van der Waals surface area contributed by atoms with Crippen LogP contribution in [0.5, 0.6) is 0 Å². The topological polar surface area (TPSA) is 58.4 Å². The molecule has 1 aromatic heterocycles. The Morgan fingerprint density at radius 1 is 1.48 bits per heavy atom. The highest BCUT2D eigenvalue weighted by atomic mass is 19.3. The van der Waals surface area contributed by atoms with Crippen LogP contribution in [0.4, 0.5) is 8.78 Å². The minimum Gasteiger partial charge on any atom is -0.360 e. The van der Waals surface area contributed by atoms with Gasteiger partial charge in [-0.25, -0.2) is 8.78 Å². The molecule has 5 nitrogen and oxygen atoms in total. The third-order valence-corrected chi connectivity index (χ3v) is 4.98. The van der Waals surface area contributed by atoms with Gasteiger partial charge in [-0.15, -0.1) is 0 Å². The molecule has 2 aliphatic rings. The Labute approximate surface area is 134 Å². The SMILES string of the molecule is CC(N1C[C@@H](C)[C@H](NC(=O)c2cc(C3CC3)on2)C1)C(C)(F)F. The molecule has 3 rings (SSSR count). The molecule has 1 aliphatic carbocycles. The summed E-state index contributed by atoms with van der Waals surface area (Å²) in [6.45, 7) is 5.38. The molecule has 1 N–H and O–H groups in total. The summed E-state index contributed by atoms with van der Waals surface area (Å²) in [5.74, 6) is -1.79. The number of alkyl halides is 2. The maximum absolute atomic E-state index is 13.5. The van der Waals surface area contributed by atoms with Gasteiger partial charge in [0.25, 0.3) is 11.8 Å². The summed E-state index contributed by atoms with van der Waals surface area (Å²) in [5, 5.41) is 6.72. The number of aromatic nitrogens is 1. The summed E-state index contributed by atoms with van der Waals surface area (Å²) in [4.78, 5) is 14.0. The van der Waals surface area contributed by atoms with Crippen LogP contribution >= 0.6 is 0 Å². The summed E-state index contributed by atoms with van der Waals surface area (Å²) in [6.07, 6.45) is 2.15. The van der Waals surface area contributed by atoms with Gasteiger partial charge in [0, 0.05) is 38.0 Å². The zero-order chi connectivity index (χ0) is 16.8. The Morgan fingerprint density at radius 3 is 2.78 bits per heavy atom. The molecule has 0 aromatic carbocycles. The summed E-state index contributed by atoms with van der Waals surface area (Å²) in [7, 11) is 0. The van der Waals surface area contributed by atoms with Crippen molar-refractivity contribution in [3.05, 3.63) is 17.5 Å². The van der Waals surface area contributed by atoms with E-state index in [2.05, 4.69) is 10.5 Å². The van der Waals surface area contributed by atoms with E-state index in [1.807, 2.05) is 6.92 Å². The Kier molecular flexibility index (Phi) is 4.16. The molecular formula is C16H23F2N3O2. The number of nitrogens with zero attached hydrogens (tertiary/aromatic N) is 2. The largest absolute Gasteiger partial charge is 0.360 e. The molecule has 1 saturated heterocycles. The van der Waals surface area contributed by atoms with E-state index < -0.39 is 12.0 Å². The molecule has 0 bridgehead atoms. The van der Waals surface area contributed by atoms with Gasteiger partial charge in [0.1, 0.15) is 5.76 Å². The maximum Gasteiger partial charge on any atom is 0.273 e. The fourth-order valence-corrected chi connectivity index (χ4v) is 3.03. The minimum atomic E-state index is -2.76. The standard InChI is InChI=1S/C16H23F2N3O2/c1-9-7-21(10(2)16(3,17)18)8-13(9)19-15(22)12-6-14(23-20-12)11-4-5-11/h6,9-11,13H,4-5,7-8H2,1-3H3,(H,19,22)/t9-,10?,13-/m1/s1. The van der Waals surface area contributed by atoms with Crippen molar-refractivity contribution in [3.8, 4) is 0 Å². The van der Waals surface area contributed by atoms with Crippen molar-refractivity contribution in [2.24, 2.45) is 5.92 Å². The van der Waals surface area contributed by atoms with Gasteiger partial charge >= 0.3 is 0 Å². The summed E-state index contributed by atoms with van der Waals surface area (Å²) < 4.78 is 32.1. The third kappa shape index (κ3) is 3.54. The monoisotopic (exact) mass is 327 g/mol. The van der Waals surface area contributed by atoms with Crippen LogP contribution in [0.25, 0.3) is 0 Å². The molecule has 2 heterocycles. The minimum absolute atomic E-state index is 0.110. The summed E-state index contributed by atoms with van der Waals surface area (Å²) in [5.41, 5.74) is 0.270. The van der Waals surface area contributed by atoms with Crippen molar-refractivity contribution in [2.75, 3.05) is 13.1 Å². The second kappa shape index (κ2) is 5.85. The van der Waals surface area contributed by atoms with Crippen molar-refractivity contribution >= 4 is 5.91 Å². The number of rotatable bonds is 5. The van der Waals surface area contributed by atoms with Crippen LogP contribution in [0, 0.1) is 5.92 Å². The third-order valence-electron chi connectivity index (χ3n) is 4.98. The fourth-order valence-electron chi connectivity index (χ4n) is 3.03. The number of carbonyl (C=O) groups excluding carboxylic acids is 1. The zero-order valence-electron chi connectivity index (χ0n) is 13.7. The van der Waals surface area contributed by atoms with Crippen LogP contribution in [0.15, 0.2) is 10.6 Å². The van der Waals surface area contributed by atoms with Gasteiger partial charge in [-0.1, -0.05) is 12.1 Å². The van der Waals surface area contributed by atoms with E-state index in [-0.39, 0.29) is 23.6 Å². The predicted octanol–water partition coefficient (Wildman–Crippen LogP) is 2.65. The lowest BCUT2D eigenvalue weighted by Gasteiger charge is -2.29. The van der Waals surface area contributed by atoms with E-state index >= 15 is 0 Å². The number of carbonyl (C=O) groups is 1. The van der Waals surface area contributed by atoms with Gasteiger partial charge in [0.15, 0.2) is 5.69 Å². The Balaban J connectivity index is 1.59. The highest BCUT2D eigenvalue weighted by Gasteiger charge is 2.41. The molecule has 2 fully saturated rings. The fraction of sp³-hybridized carbons (Fsp3) is 0.750. The average molecular weight is 327 g/mol. The zero-order valence-corrected chi connectivity index (χ0v) is 13.7. The van der Waals surface area contributed by atoms with Gasteiger partial charge in [-0.2, -0.15) is 0 Å². The number of hydrogen-bond acceptors (Lipinski definition) is 4. The van der Waals surface area contributed by atoms with Crippen LogP contribution in [-0.4, -0.2) is 47.1 Å². The van der Waals surface area contributed by atoms with Crippen LogP contribution in [0.1, 0.15) is 55.8 Å². The van der Waals surface area contributed by atoms with Crippen molar-refractivity contribution in [1.82, 2.24) is 15.4 Å². The van der Waals surface area contributed by atoms with Crippen LogP contribution < -0.4 is 5.32 Å². The molecule has 1 amide bonds. The van der Waals surface area contributed by atoms with Crippen molar-refractivity contribution in [1.29, 1.82) is 0 Å². The van der Waals surface area contributed by atoms with Crippen LogP contribution in [0.3, 0.4) is 0 Å². The first-order chi connectivity index (χ1) is 10.8. The first-order valence-corrected chi connectivity index (χ1v) is 8.15. The van der Waals surface area contributed by atoms with E-state index in [9.17, 15) is 13.6 Å². The van der Waals surface area contributed by atoms with E-state index in [1.165, 1.54) is 6.92 Å². The molecule has 7 heteroatoms. The quantitative estimate of drug-likeness (QED) is 0.903. The Morgan fingerprint density at radius 2 is 2.17 bits per heavy atom. The lowest BCUT2D eigenvalue weighted by atomic mass is 10.1. The van der Waals surface area contributed by atoms with Gasteiger partial charge in [-0.3, -0.25) is 9.69 Å². The predicted molar refractivity (Wildman–Crippen MR) is 80.6 cm³/mol. The van der Waals surface area contributed by atoms with E-state index in [0.717, 1.165) is 25.5 Å². The first-order valence-electron chi connectivity index (χ1n) is 8.15. The highest BCUT2D eigenvalue weighted by Crippen LogP contribution is 2.40. The van der Waals surface area contributed by atoms with E-state index in [4.69, 9.17) is 4.52 Å². The van der Waals surface area contributed by atoms with Gasteiger partial charge in [0.05, 0.1) is 6.04 Å². The highest BCUT2D eigenvalue weighted by molar-refractivity contribution is 5.92. The molecule has 1 aliphatic heterocycles. The lowest BCUT2D eigenvalue weighted by molar-refractivity contribution is -0.0537. The summed E-state index contributed by atoms with van der Waals surface area (Å²) in [6, 6.07) is 0.682. The van der Waals surface area contributed by atoms with Crippen molar-refractivity contribution in [2.45, 2.75) is 57.5 Å². The number of nitrogens with one attached hydrogen (secondary N) is 1. The van der Waals surface area contributed by atoms with Gasteiger partial charge in [0.2, 0.25) is 0 Å². The number of likely N-dealkylation sites (tertiary alicyclic amines) is 1. The lowest BCUT2D eigenvalue weighted by Crippen LogP contribution is -2.45. The van der Waals surface area contributed by atoms with Crippen LogP contribution in [-0.2, 0) is 0 Å². The molecule has 0 spiro atoms. The molecule has 1 saturated carbocycles. The van der Waals surface area contributed by atoms with Crippen molar-refractivity contribution in [3.63, 3.8) is 0 Å². The van der Waals surface area contributed by atoms with Crippen LogP contribution in [0.2, 0.25) is 0 Å². The van der Waals surface area contributed by atoms with Gasteiger partial charge in [-0.05, 0) is 25.7 Å². The second-order valence-electron chi connectivity index (χ2n) is 7.03. The molecule has 23 heavy (non-hydrogen) atoms. The molecule has 3 atom stereocenters. The second-order valence-corrected chi connectivity index (χ2v) is 7.03. The Bertz CT molecular complexity index is 580. The number of halogens is 2. The smallest absolute Gasteiger partial charge is 0.273 e. The molecular weight excluding hydrogens is 304 g/mol. The molecule has 1 aromatic rings. The first kappa shape index (κ1) is 16.4. The maximum atomic E-state index is 13.5. The normalized spacial score (nSPS) is 27.2. The van der Waals surface area contributed by atoms with Gasteiger partial charge < -0.3 is 9.84 Å². The van der Waals surface area contributed by atoms with Crippen molar-refractivity contribution < 1.29 is 18.1 Å². The van der Waals surface area contributed by atoms with E-state index in [0.29, 0.717) is 19.0 Å². The summed E-state index contributed by atoms with van der Waals surface area (Å²) >= 11 is 0.